The van der Waals surface area contributed by atoms with Gasteiger partial charge in [0, 0.05) is 4.47 Å². The molecule has 0 saturated heterocycles. The number of nitrogens with one attached hydrogen (secondary N) is 1. The Morgan fingerprint density at radius 2 is 2.07 bits per heavy atom. The molecule has 0 aromatic heterocycles. The molecule has 0 aliphatic carbocycles. The second-order valence-electron chi connectivity index (χ2n) is 4.11. The average Bonchev–Trinajstić information content (AvgIpc) is 2.11. The number of carbonyl (C=O) groups excluding carboxylic acids is 1. The van der Waals surface area contributed by atoms with Crippen LogP contribution in [0.3, 0.4) is 0 Å². The third-order valence-corrected chi connectivity index (χ3v) is 3.08. The summed E-state index contributed by atoms with van der Waals surface area (Å²) in [4.78, 5) is 11.6. The summed E-state index contributed by atoms with van der Waals surface area (Å²) in [6, 6.07) is 5.69. The number of amides is 1. The van der Waals surface area contributed by atoms with Crippen molar-refractivity contribution >= 4 is 27.5 Å². The molecule has 4 heteroatoms. The van der Waals surface area contributed by atoms with Gasteiger partial charge in [0.15, 0.2) is 0 Å². The molecule has 0 bridgehead atoms. The Morgan fingerprint density at radius 1 is 1.47 bits per heavy atom. The third-order valence-electron chi connectivity index (χ3n) is 2.03. The van der Waals surface area contributed by atoms with Crippen LogP contribution in [0.5, 0.6) is 0 Å². The molecule has 1 rings (SSSR count). The number of carbonyl (C=O) groups is 1. The van der Waals surface area contributed by atoms with Gasteiger partial charge in [-0.1, -0.05) is 12.1 Å². The van der Waals surface area contributed by atoms with E-state index in [1.807, 2.05) is 25.1 Å². The monoisotopic (exact) mass is 270 g/mol. The molecule has 1 aromatic rings. The van der Waals surface area contributed by atoms with E-state index in [1.165, 1.54) is 0 Å². The number of aryl methyl sites for hydroxylation is 1. The molecule has 0 aliphatic heterocycles. The molecule has 3 nitrogen and oxygen atoms in total. The summed E-state index contributed by atoms with van der Waals surface area (Å²) < 4.78 is 0.891. The van der Waals surface area contributed by atoms with E-state index in [2.05, 4.69) is 21.2 Å². The van der Waals surface area contributed by atoms with Crippen LogP contribution in [-0.4, -0.2) is 11.4 Å². The van der Waals surface area contributed by atoms with Gasteiger partial charge in [-0.3, -0.25) is 4.79 Å². The van der Waals surface area contributed by atoms with Crippen molar-refractivity contribution in [1.29, 1.82) is 0 Å². The van der Waals surface area contributed by atoms with Gasteiger partial charge < -0.3 is 11.1 Å². The van der Waals surface area contributed by atoms with Gasteiger partial charge in [0.1, 0.15) is 0 Å². The summed E-state index contributed by atoms with van der Waals surface area (Å²) in [5.41, 5.74) is 6.64. The van der Waals surface area contributed by atoms with E-state index in [-0.39, 0.29) is 5.91 Å². The van der Waals surface area contributed by atoms with Gasteiger partial charge in [-0.25, -0.2) is 0 Å². The van der Waals surface area contributed by atoms with Crippen LogP contribution in [-0.2, 0) is 4.79 Å². The molecule has 0 atom stereocenters. The van der Waals surface area contributed by atoms with Crippen LogP contribution in [0, 0.1) is 6.92 Å². The fourth-order valence-corrected chi connectivity index (χ4v) is 1.39. The Balaban J connectivity index is 2.91. The van der Waals surface area contributed by atoms with E-state index in [9.17, 15) is 4.79 Å². The largest absolute Gasteiger partial charge is 0.323 e. The maximum absolute atomic E-state index is 11.6. The van der Waals surface area contributed by atoms with Crippen LogP contribution >= 0.6 is 15.9 Å². The molecule has 0 saturated carbocycles. The zero-order valence-corrected chi connectivity index (χ0v) is 10.7. The lowest BCUT2D eigenvalue weighted by Gasteiger charge is -2.18. The Kier molecular flexibility index (Phi) is 3.52. The summed E-state index contributed by atoms with van der Waals surface area (Å²) in [5.74, 6) is -0.200. The van der Waals surface area contributed by atoms with Crippen molar-refractivity contribution in [2.45, 2.75) is 26.3 Å². The summed E-state index contributed by atoms with van der Waals surface area (Å²) in [5, 5.41) is 2.78. The molecule has 0 aliphatic rings. The zero-order chi connectivity index (χ0) is 11.6. The van der Waals surface area contributed by atoms with Crippen LogP contribution in [0.2, 0.25) is 0 Å². The predicted octanol–water partition coefficient (Wildman–Crippen LogP) is 2.43. The first-order valence-corrected chi connectivity index (χ1v) is 5.47. The highest BCUT2D eigenvalue weighted by Gasteiger charge is 2.22. The molecule has 0 unspecified atom stereocenters. The first-order chi connectivity index (χ1) is 6.82. The first kappa shape index (κ1) is 12.2. The van der Waals surface area contributed by atoms with Crippen molar-refractivity contribution in [3.05, 3.63) is 28.2 Å². The fourth-order valence-electron chi connectivity index (χ4n) is 1.03. The minimum Gasteiger partial charge on any atom is -0.323 e. The van der Waals surface area contributed by atoms with E-state index >= 15 is 0 Å². The van der Waals surface area contributed by atoms with Crippen molar-refractivity contribution in [1.82, 2.24) is 0 Å². The molecular formula is C11H15BrN2O. The lowest BCUT2D eigenvalue weighted by Crippen LogP contribution is -2.45. The molecule has 0 heterocycles. The van der Waals surface area contributed by atoms with Crippen molar-refractivity contribution < 1.29 is 4.79 Å². The van der Waals surface area contributed by atoms with Crippen LogP contribution < -0.4 is 11.1 Å². The minimum absolute atomic E-state index is 0.200. The molecule has 0 radical (unpaired) electrons. The molecule has 0 spiro atoms. The minimum atomic E-state index is -0.872. The van der Waals surface area contributed by atoms with Gasteiger partial charge in [-0.15, -0.1) is 0 Å². The standard InChI is InChI=1S/C11H15BrN2O/c1-7-5-4-6-8(9(7)12)14-10(15)11(2,3)13/h4-6H,13H2,1-3H3,(H,14,15). The van der Waals surface area contributed by atoms with E-state index in [0.29, 0.717) is 0 Å². The highest BCUT2D eigenvalue weighted by molar-refractivity contribution is 9.10. The van der Waals surface area contributed by atoms with Gasteiger partial charge in [0.25, 0.3) is 0 Å². The van der Waals surface area contributed by atoms with E-state index in [4.69, 9.17) is 5.73 Å². The second kappa shape index (κ2) is 4.33. The Bertz CT molecular complexity index is 383. The topological polar surface area (TPSA) is 55.1 Å². The highest BCUT2D eigenvalue weighted by atomic mass is 79.9. The number of rotatable bonds is 2. The van der Waals surface area contributed by atoms with Crippen LogP contribution in [0.15, 0.2) is 22.7 Å². The number of hydrogen-bond donors (Lipinski definition) is 2. The lowest BCUT2D eigenvalue weighted by molar-refractivity contribution is -0.120. The number of benzene rings is 1. The number of anilines is 1. The Hall–Kier alpha value is -0.870. The van der Waals surface area contributed by atoms with Crippen molar-refractivity contribution in [2.24, 2.45) is 5.73 Å². The second-order valence-corrected chi connectivity index (χ2v) is 4.91. The molecule has 15 heavy (non-hydrogen) atoms. The van der Waals surface area contributed by atoms with Gasteiger partial charge >= 0.3 is 0 Å². The lowest BCUT2D eigenvalue weighted by atomic mass is 10.1. The van der Waals surface area contributed by atoms with Crippen LogP contribution in [0.1, 0.15) is 19.4 Å². The number of hydrogen-bond acceptors (Lipinski definition) is 2. The quantitative estimate of drug-likeness (QED) is 0.868. The molecule has 1 aromatic carbocycles. The molecule has 1 amide bonds. The Morgan fingerprint density at radius 3 is 2.60 bits per heavy atom. The number of nitrogens with two attached hydrogens (primary N) is 1. The smallest absolute Gasteiger partial charge is 0.243 e. The summed E-state index contributed by atoms with van der Waals surface area (Å²) in [6.45, 7) is 5.31. The number of halogens is 1. The van der Waals surface area contributed by atoms with Crippen molar-refractivity contribution in [3.63, 3.8) is 0 Å². The highest BCUT2D eigenvalue weighted by Crippen LogP contribution is 2.26. The summed E-state index contributed by atoms with van der Waals surface area (Å²) >= 11 is 3.42. The maximum atomic E-state index is 11.6. The van der Waals surface area contributed by atoms with E-state index in [0.717, 1.165) is 15.7 Å². The van der Waals surface area contributed by atoms with E-state index in [1.54, 1.807) is 13.8 Å². The summed E-state index contributed by atoms with van der Waals surface area (Å²) in [7, 11) is 0. The Labute approximate surface area is 98.2 Å². The molecule has 3 N–H and O–H groups in total. The first-order valence-electron chi connectivity index (χ1n) is 4.68. The van der Waals surface area contributed by atoms with Gasteiger partial charge in [0.2, 0.25) is 5.91 Å². The van der Waals surface area contributed by atoms with Crippen molar-refractivity contribution in [2.75, 3.05) is 5.32 Å². The fraction of sp³-hybridized carbons (Fsp3) is 0.364. The van der Waals surface area contributed by atoms with E-state index < -0.39 is 5.54 Å². The third kappa shape index (κ3) is 3.04. The molecule has 82 valence electrons. The molecule has 0 fully saturated rings. The van der Waals surface area contributed by atoms with Gasteiger partial charge in [0.05, 0.1) is 11.2 Å². The maximum Gasteiger partial charge on any atom is 0.243 e. The molecular weight excluding hydrogens is 256 g/mol. The summed E-state index contributed by atoms with van der Waals surface area (Å²) in [6.07, 6.45) is 0. The normalized spacial score (nSPS) is 11.3. The van der Waals surface area contributed by atoms with Crippen LogP contribution in [0.25, 0.3) is 0 Å². The van der Waals surface area contributed by atoms with Gasteiger partial charge in [-0.2, -0.15) is 0 Å². The average molecular weight is 271 g/mol. The predicted molar refractivity (Wildman–Crippen MR) is 65.8 cm³/mol. The van der Waals surface area contributed by atoms with Gasteiger partial charge in [-0.05, 0) is 48.3 Å². The zero-order valence-electron chi connectivity index (χ0n) is 9.10. The SMILES string of the molecule is Cc1cccc(NC(=O)C(C)(C)N)c1Br. The van der Waals surface area contributed by atoms with Crippen molar-refractivity contribution in [3.8, 4) is 0 Å². The van der Waals surface area contributed by atoms with Crippen LogP contribution in [0.4, 0.5) is 5.69 Å².